The maximum Gasteiger partial charge on any atom is 4.00 e. The second-order valence-corrected chi connectivity index (χ2v) is 0. The normalized spacial score (nSPS) is 0. The van der Waals surface area contributed by atoms with Gasteiger partial charge in [-0.15, -0.1) is 0 Å². The topological polar surface area (TPSA) is 58.5 Å². The van der Waals surface area contributed by atoms with Crippen LogP contribution in [0.15, 0.2) is 0 Å². The Kier molecular flexibility index (Phi) is 244. The smallest absolute Gasteiger partial charge is 2.00 e. The van der Waals surface area contributed by atoms with Crippen LogP contribution in [-0.4, -0.2) is 5.48 Å². The zero-order chi connectivity index (χ0) is 0. The fourth-order valence-electron chi connectivity index (χ4n) is 0. The molecule has 16 valence electrons. The molecule has 0 rings (SSSR count). The van der Waals surface area contributed by atoms with E-state index in [1.165, 1.54) is 0 Å². The van der Waals surface area contributed by atoms with E-state index in [1.54, 1.807) is 0 Å². The van der Waals surface area contributed by atoms with Crippen LogP contribution in [0.1, 0.15) is 0 Å². The van der Waals surface area contributed by atoms with Crippen molar-refractivity contribution in [3.05, 3.63) is 0 Å². The molecule has 0 aliphatic heterocycles. The Balaban J connectivity index is 0. The summed E-state index contributed by atoms with van der Waals surface area (Å²) in [5.74, 6) is 0. The van der Waals surface area contributed by atoms with Crippen molar-refractivity contribution in [2.75, 3.05) is 0 Å². The minimum absolute atomic E-state index is 0. The Morgan fingerprint density at radius 3 is 1.00 bits per heavy atom. The summed E-state index contributed by atoms with van der Waals surface area (Å²) < 4.78 is 0. The van der Waals surface area contributed by atoms with E-state index in [9.17, 15) is 0 Å². The van der Waals surface area contributed by atoms with Gasteiger partial charge in [-0.2, -0.15) is 0 Å². The largest absolute Gasteiger partial charge is 4.00 e. The van der Waals surface area contributed by atoms with Crippen LogP contribution < -0.4 is 29.6 Å². The first-order chi connectivity index (χ1) is 0. The zero-order valence-corrected chi connectivity index (χ0v) is 11.0. The molecular weight excluding hydrogens is 285 g/mol. The van der Waals surface area contributed by atoms with Gasteiger partial charge in [0.25, 0.3) is 0 Å². The Hall–Kier alpha value is 3.00. The van der Waals surface area contributed by atoms with Crippen molar-refractivity contribution in [1.29, 1.82) is 0 Å². The van der Waals surface area contributed by atoms with Gasteiger partial charge in [-0.25, -0.2) is 0 Å². The average Bonchev–Trinajstić information content (AvgIpc) is 0. The molecule has 0 saturated heterocycles. The molecule has 0 heterocycles. The Labute approximate surface area is 100 Å². The summed E-state index contributed by atoms with van der Waals surface area (Å²) in [6.45, 7) is 0. The molecule has 0 amide bonds. The van der Waals surface area contributed by atoms with Gasteiger partial charge < -0.3 is 11.0 Å². The predicted octanol–water partition coefficient (Wildman–Crippen LogP) is -3.29. The van der Waals surface area contributed by atoms with Crippen LogP contribution in [0.4, 0.5) is 0 Å². The maximum absolute atomic E-state index is 0. The first-order valence-corrected chi connectivity index (χ1v) is 0. The van der Waals surface area contributed by atoms with Gasteiger partial charge in [0.2, 0.25) is 0 Å². The van der Waals surface area contributed by atoms with Crippen molar-refractivity contribution in [1.82, 2.24) is 0 Å². The van der Waals surface area contributed by atoms with Crippen LogP contribution >= 0.6 is 0 Å². The van der Waals surface area contributed by atoms with Crippen molar-refractivity contribution in [2.45, 2.75) is 0 Å². The summed E-state index contributed by atoms with van der Waals surface area (Å²) in [5.41, 5.74) is 0. The van der Waals surface area contributed by atoms with Gasteiger partial charge >= 0.3 is 91.4 Å². The molecule has 0 saturated carbocycles. The monoisotopic (exact) mass is 285 g/mol. The molecule has 0 atom stereocenters. The minimum atomic E-state index is 0. The first kappa shape index (κ1) is 43.6. The van der Waals surface area contributed by atoms with Crippen molar-refractivity contribution in [3.63, 3.8) is 0 Å². The van der Waals surface area contributed by atoms with Gasteiger partial charge in [0.05, 0.1) is 0 Å². The van der Waals surface area contributed by atoms with Crippen molar-refractivity contribution < 1.29 is 102 Å². The third-order valence-electron chi connectivity index (χ3n) is 0. The predicted molar refractivity (Wildman–Crippen MR) is 2.62 cm³/mol. The van der Waals surface area contributed by atoms with Crippen LogP contribution in [0.2, 0.25) is 0 Å². The first-order valence-electron chi connectivity index (χ1n) is 0. The number of rotatable bonds is 0. The molecule has 2 nitrogen and oxygen atoms in total. The van der Waals surface area contributed by atoms with E-state index in [0.717, 1.165) is 0 Å². The summed E-state index contributed by atoms with van der Waals surface area (Å²) in [7, 11) is 0. The van der Waals surface area contributed by atoms with Gasteiger partial charge in [-0.05, 0) is 0 Å². The Bertz CT molecular complexity index is 9.61. The molecule has 0 aromatic heterocycles. The SMILES string of the molecule is [La+3].[Na+].[O-2].[OH-].[Zr+4]. The third-order valence-corrected chi connectivity index (χ3v) is 0. The summed E-state index contributed by atoms with van der Waals surface area (Å²) in [5, 5.41) is 0. The third kappa shape index (κ3) is 19.4. The molecule has 0 fully saturated rings. The quantitative estimate of drug-likeness (QED) is 0.431. The average molecular weight is 286 g/mol. The molecule has 0 aromatic rings. The molecule has 0 unspecified atom stereocenters. The van der Waals surface area contributed by atoms with Crippen molar-refractivity contribution in [3.8, 4) is 0 Å². The van der Waals surface area contributed by atoms with E-state index in [-0.39, 0.29) is 102 Å². The van der Waals surface area contributed by atoms with E-state index < -0.39 is 0 Å². The zero-order valence-electron chi connectivity index (χ0n) is 2.93. The summed E-state index contributed by atoms with van der Waals surface area (Å²) in [6, 6.07) is 0. The van der Waals surface area contributed by atoms with Crippen molar-refractivity contribution >= 4 is 0 Å². The molecule has 0 aliphatic rings. The standard InChI is InChI=1S/La.Na.H2O.O.Zr/h;;1H2;;/q+3;+1;;-2;+4/p-1. The van der Waals surface area contributed by atoms with E-state index in [0.29, 0.717) is 0 Å². The van der Waals surface area contributed by atoms with Gasteiger partial charge in [0.15, 0.2) is 0 Å². The van der Waals surface area contributed by atoms with Gasteiger partial charge in [-0.1, -0.05) is 0 Å². The summed E-state index contributed by atoms with van der Waals surface area (Å²) in [6.07, 6.45) is 0. The Morgan fingerprint density at radius 1 is 1.00 bits per heavy atom. The molecule has 5 heteroatoms. The molecule has 5 heavy (non-hydrogen) atoms. The second-order valence-electron chi connectivity index (χ2n) is 0. The molecule has 0 aliphatic carbocycles. The van der Waals surface area contributed by atoms with Gasteiger partial charge in [0, 0.05) is 0 Å². The van der Waals surface area contributed by atoms with E-state index >= 15 is 0 Å². The Morgan fingerprint density at radius 2 is 1.00 bits per heavy atom. The fraction of sp³-hybridized carbons (Fsp3) is 0. The number of hydrogen-bond donors (Lipinski definition) is 0. The molecular formula is HLaNaO2Zr+5. The molecule has 0 bridgehead atoms. The second kappa shape index (κ2) is 28.0. The molecule has 0 radical (unpaired) electrons. The van der Waals surface area contributed by atoms with Crippen LogP contribution in [0, 0.1) is 35.6 Å². The number of hydrogen-bond acceptors (Lipinski definition) is 1. The molecule has 0 aromatic carbocycles. The minimum Gasteiger partial charge on any atom is -2.00 e. The van der Waals surface area contributed by atoms with Crippen molar-refractivity contribution in [2.24, 2.45) is 0 Å². The van der Waals surface area contributed by atoms with Crippen LogP contribution in [0.3, 0.4) is 0 Å². The van der Waals surface area contributed by atoms with E-state index in [2.05, 4.69) is 0 Å². The summed E-state index contributed by atoms with van der Waals surface area (Å²) >= 11 is 0. The maximum atomic E-state index is 0. The van der Waals surface area contributed by atoms with Crippen LogP contribution in [0.5, 0.6) is 0 Å². The summed E-state index contributed by atoms with van der Waals surface area (Å²) in [4.78, 5) is 0. The van der Waals surface area contributed by atoms with E-state index in [4.69, 9.17) is 0 Å². The van der Waals surface area contributed by atoms with Crippen LogP contribution in [0.25, 0.3) is 0 Å². The van der Waals surface area contributed by atoms with Gasteiger partial charge in [0.1, 0.15) is 0 Å². The fourth-order valence-corrected chi connectivity index (χ4v) is 0. The molecule has 0 spiro atoms. The van der Waals surface area contributed by atoms with Crippen LogP contribution in [-0.2, 0) is 31.7 Å². The molecule has 1 N–H and O–H groups in total. The van der Waals surface area contributed by atoms with E-state index in [1.807, 2.05) is 0 Å². The van der Waals surface area contributed by atoms with Gasteiger partial charge in [-0.3, -0.25) is 0 Å².